The van der Waals surface area contributed by atoms with Crippen LogP contribution >= 0.6 is 0 Å². The summed E-state index contributed by atoms with van der Waals surface area (Å²) in [5.41, 5.74) is 1.17. The summed E-state index contributed by atoms with van der Waals surface area (Å²) in [5, 5.41) is 14.2. The first-order valence-electron chi connectivity index (χ1n) is 8.07. The Labute approximate surface area is 142 Å². The highest BCUT2D eigenvalue weighted by atomic mass is 16.4. The Kier molecular flexibility index (Phi) is 7.42. The Morgan fingerprint density at radius 1 is 1.04 bits per heavy atom. The van der Waals surface area contributed by atoms with Crippen molar-refractivity contribution in [2.75, 3.05) is 11.9 Å². The van der Waals surface area contributed by atoms with Crippen LogP contribution in [-0.2, 0) is 20.8 Å². The number of hydrogen-bond acceptors (Lipinski definition) is 3. The Morgan fingerprint density at radius 3 is 2.21 bits per heavy atom. The van der Waals surface area contributed by atoms with Gasteiger partial charge in [0.25, 0.3) is 0 Å². The number of aryl methyl sites for hydroxylation is 1. The quantitative estimate of drug-likeness (QED) is 0.637. The standard InChI is InChI=1S/C18H26N2O4/c1-18(2,3)17(24)19-12-4-5-15(21)20-14-9-6-13(7-10-14)8-11-16(22)23/h6-7,9-10H,4-5,8,11-12H2,1-3H3,(H,19,24)(H,20,21)(H,22,23). The molecule has 132 valence electrons. The molecule has 2 amide bonds. The number of anilines is 1. The normalized spacial score (nSPS) is 11.0. The van der Waals surface area contributed by atoms with E-state index in [-0.39, 0.29) is 18.2 Å². The Morgan fingerprint density at radius 2 is 1.67 bits per heavy atom. The largest absolute Gasteiger partial charge is 0.481 e. The topological polar surface area (TPSA) is 95.5 Å². The Bertz CT molecular complexity index is 574. The fourth-order valence-electron chi connectivity index (χ4n) is 1.95. The molecule has 0 aromatic heterocycles. The molecule has 0 spiro atoms. The summed E-state index contributed by atoms with van der Waals surface area (Å²) in [6.45, 7) is 6.00. The van der Waals surface area contributed by atoms with Crippen molar-refractivity contribution >= 4 is 23.5 Å². The van der Waals surface area contributed by atoms with Crippen LogP contribution in [0.25, 0.3) is 0 Å². The van der Waals surface area contributed by atoms with E-state index >= 15 is 0 Å². The van der Waals surface area contributed by atoms with Gasteiger partial charge in [0.2, 0.25) is 11.8 Å². The molecule has 0 saturated heterocycles. The van der Waals surface area contributed by atoms with E-state index in [1.807, 2.05) is 32.9 Å². The van der Waals surface area contributed by atoms with Crippen LogP contribution in [0.4, 0.5) is 5.69 Å². The molecule has 1 aromatic carbocycles. The van der Waals surface area contributed by atoms with Crippen molar-refractivity contribution < 1.29 is 19.5 Å². The first-order valence-corrected chi connectivity index (χ1v) is 8.07. The van der Waals surface area contributed by atoms with Gasteiger partial charge in [0, 0.05) is 30.5 Å². The van der Waals surface area contributed by atoms with Crippen molar-refractivity contribution in [1.82, 2.24) is 5.32 Å². The Hall–Kier alpha value is -2.37. The van der Waals surface area contributed by atoms with E-state index in [0.29, 0.717) is 31.5 Å². The minimum atomic E-state index is -0.828. The first-order chi connectivity index (χ1) is 11.2. The molecule has 0 atom stereocenters. The van der Waals surface area contributed by atoms with Gasteiger partial charge in [0.1, 0.15) is 0 Å². The fraction of sp³-hybridized carbons (Fsp3) is 0.500. The summed E-state index contributed by atoms with van der Waals surface area (Å²) in [4.78, 5) is 34.1. The molecule has 0 aliphatic heterocycles. The van der Waals surface area contributed by atoms with E-state index in [1.54, 1.807) is 12.1 Å². The smallest absolute Gasteiger partial charge is 0.303 e. The van der Waals surface area contributed by atoms with Crippen molar-refractivity contribution in [1.29, 1.82) is 0 Å². The van der Waals surface area contributed by atoms with Crippen molar-refractivity contribution in [3.05, 3.63) is 29.8 Å². The van der Waals surface area contributed by atoms with Crippen LogP contribution < -0.4 is 10.6 Å². The molecule has 24 heavy (non-hydrogen) atoms. The van der Waals surface area contributed by atoms with Gasteiger partial charge in [-0.15, -0.1) is 0 Å². The van der Waals surface area contributed by atoms with Crippen molar-refractivity contribution in [2.24, 2.45) is 5.41 Å². The number of amides is 2. The molecule has 1 aromatic rings. The third-order valence-electron chi connectivity index (χ3n) is 3.41. The highest BCUT2D eigenvalue weighted by molar-refractivity contribution is 5.90. The number of benzene rings is 1. The van der Waals surface area contributed by atoms with Crippen LogP contribution in [0.1, 0.15) is 45.6 Å². The molecule has 0 heterocycles. The molecule has 0 aliphatic carbocycles. The molecule has 0 bridgehead atoms. The summed E-state index contributed by atoms with van der Waals surface area (Å²) < 4.78 is 0. The minimum Gasteiger partial charge on any atom is -0.481 e. The van der Waals surface area contributed by atoms with Crippen molar-refractivity contribution in [2.45, 2.75) is 46.5 Å². The number of carbonyl (C=O) groups is 3. The Balaban J connectivity index is 2.30. The van der Waals surface area contributed by atoms with Crippen LogP contribution in [-0.4, -0.2) is 29.4 Å². The number of rotatable bonds is 8. The molecule has 0 fully saturated rings. The van der Waals surface area contributed by atoms with Crippen LogP contribution in [0.5, 0.6) is 0 Å². The highest BCUT2D eigenvalue weighted by Crippen LogP contribution is 2.13. The SMILES string of the molecule is CC(C)(C)C(=O)NCCCC(=O)Nc1ccc(CCC(=O)O)cc1. The predicted octanol–water partition coefficient (Wildman–Crippen LogP) is 2.58. The van der Waals surface area contributed by atoms with Gasteiger partial charge in [-0.1, -0.05) is 32.9 Å². The number of carbonyl (C=O) groups excluding carboxylic acids is 2. The van der Waals surface area contributed by atoms with Gasteiger partial charge < -0.3 is 15.7 Å². The van der Waals surface area contributed by atoms with Crippen LogP contribution in [0.3, 0.4) is 0 Å². The lowest BCUT2D eigenvalue weighted by molar-refractivity contribution is -0.137. The van der Waals surface area contributed by atoms with Crippen LogP contribution in [0.2, 0.25) is 0 Å². The van der Waals surface area contributed by atoms with Crippen LogP contribution in [0, 0.1) is 5.41 Å². The third kappa shape index (κ3) is 7.76. The van der Waals surface area contributed by atoms with Gasteiger partial charge in [-0.3, -0.25) is 14.4 Å². The molecule has 6 nitrogen and oxygen atoms in total. The summed E-state index contributed by atoms with van der Waals surface area (Å²) >= 11 is 0. The van der Waals surface area contributed by atoms with Gasteiger partial charge in [0.05, 0.1) is 0 Å². The average Bonchev–Trinajstić information content (AvgIpc) is 2.49. The lowest BCUT2D eigenvalue weighted by Gasteiger charge is -2.17. The van der Waals surface area contributed by atoms with E-state index in [1.165, 1.54) is 0 Å². The monoisotopic (exact) mass is 334 g/mol. The molecule has 0 saturated carbocycles. The number of nitrogens with one attached hydrogen (secondary N) is 2. The zero-order chi connectivity index (χ0) is 18.2. The average molecular weight is 334 g/mol. The van der Waals surface area contributed by atoms with Crippen molar-refractivity contribution in [3.63, 3.8) is 0 Å². The molecule has 0 radical (unpaired) electrons. The third-order valence-corrected chi connectivity index (χ3v) is 3.41. The fourth-order valence-corrected chi connectivity index (χ4v) is 1.95. The first kappa shape index (κ1) is 19.7. The lowest BCUT2D eigenvalue weighted by atomic mass is 9.96. The molecular weight excluding hydrogens is 308 g/mol. The van der Waals surface area contributed by atoms with Gasteiger partial charge in [-0.2, -0.15) is 0 Å². The molecule has 3 N–H and O–H groups in total. The number of carboxylic acid groups (broad SMARTS) is 1. The summed E-state index contributed by atoms with van der Waals surface area (Å²) in [5.74, 6) is -0.968. The van der Waals surface area contributed by atoms with E-state index in [4.69, 9.17) is 5.11 Å². The maximum absolute atomic E-state index is 11.9. The molecule has 0 aliphatic rings. The van der Waals surface area contributed by atoms with E-state index in [2.05, 4.69) is 10.6 Å². The zero-order valence-corrected chi connectivity index (χ0v) is 14.5. The van der Waals surface area contributed by atoms with Gasteiger partial charge in [0.15, 0.2) is 0 Å². The summed E-state index contributed by atoms with van der Waals surface area (Å²) in [6.07, 6.45) is 1.46. The van der Waals surface area contributed by atoms with Gasteiger partial charge in [-0.25, -0.2) is 0 Å². The predicted molar refractivity (Wildman–Crippen MR) is 92.7 cm³/mol. The second kappa shape index (κ2) is 9.05. The zero-order valence-electron chi connectivity index (χ0n) is 14.5. The van der Waals surface area contributed by atoms with E-state index < -0.39 is 11.4 Å². The second-order valence-electron chi connectivity index (χ2n) is 6.75. The van der Waals surface area contributed by atoms with Crippen LogP contribution in [0.15, 0.2) is 24.3 Å². The summed E-state index contributed by atoms with van der Waals surface area (Å²) in [6, 6.07) is 7.14. The van der Waals surface area contributed by atoms with Gasteiger partial charge >= 0.3 is 5.97 Å². The van der Waals surface area contributed by atoms with E-state index in [9.17, 15) is 14.4 Å². The number of aliphatic carboxylic acids is 1. The second-order valence-corrected chi connectivity index (χ2v) is 6.75. The summed E-state index contributed by atoms with van der Waals surface area (Å²) in [7, 11) is 0. The highest BCUT2D eigenvalue weighted by Gasteiger charge is 2.20. The lowest BCUT2D eigenvalue weighted by Crippen LogP contribution is -2.35. The molecule has 0 unspecified atom stereocenters. The number of carboxylic acids is 1. The maximum Gasteiger partial charge on any atom is 0.303 e. The minimum absolute atomic E-state index is 0.0279. The molecular formula is C18H26N2O4. The molecule has 1 rings (SSSR count). The van der Waals surface area contributed by atoms with Crippen molar-refractivity contribution in [3.8, 4) is 0 Å². The molecule has 6 heteroatoms. The maximum atomic E-state index is 11.9. The van der Waals surface area contributed by atoms with E-state index in [0.717, 1.165) is 5.56 Å². The number of hydrogen-bond donors (Lipinski definition) is 3. The van der Waals surface area contributed by atoms with Gasteiger partial charge in [-0.05, 0) is 30.5 Å².